The molecule has 1 heterocycles. The van der Waals surface area contributed by atoms with Gasteiger partial charge in [0.05, 0.1) is 13.7 Å². The van der Waals surface area contributed by atoms with Crippen molar-refractivity contribution in [1.82, 2.24) is 5.32 Å². The Balaban J connectivity index is 1.67. The Morgan fingerprint density at radius 3 is 2.56 bits per heavy atom. The molecule has 0 radical (unpaired) electrons. The molecule has 0 unspecified atom stereocenters. The third-order valence-corrected chi connectivity index (χ3v) is 4.86. The minimum atomic E-state index is 0.517. The Kier molecular flexibility index (Phi) is 6.29. The fourth-order valence-corrected chi connectivity index (χ4v) is 3.40. The van der Waals surface area contributed by atoms with Crippen molar-refractivity contribution in [3.8, 4) is 11.5 Å². The van der Waals surface area contributed by atoms with Crippen LogP contribution in [0.15, 0.2) is 36.4 Å². The molecule has 3 rings (SSSR count). The Morgan fingerprint density at radius 1 is 1.04 bits per heavy atom. The van der Waals surface area contributed by atoms with Crippen molar-refractivity contribution >= 4 is 28.9 Å². The van der Waals surface area contributed by atoms with Crippen LogP contribution in [0.1, 0.15) is 5.56 Å². The lowest BCUT2D eigenvalue weighted by Crippen LogP contribution is -2.43. The first-order valence-electron chi connectivity index (χ1n) is 8.38. The number of nitrogens with zero attached hydrogens (tertiary/aromatic N) is 1. The van der Waals surface area contributed by atoms with Crippen molar-refractivity contribution in [1.29, 1.82) is 0 Å². The second-order valence-corrected chi connectivity index (χ2v) is 6.75. The average molecular weight is 381 g/mol. The third kappa shape index (κ3) is 4.72. The van der Waals surface area contributed by atoms with Crippen LogP contribution in [0.4, 0.5) is 5.69 Å². The van der Waals surface area contributed by atoms with Gasteiger partial charge in [-0.1, -0.05) is 29.3 Å². The van der Waals surface area contributed by atoms with Gasteiger partial charge in [0.15, 0.2) is 11.5 Å². The summed E-state index contributed by atoms with van der Waals surface area (Å²) in [7, 11) is 1.66. The number of methoxy groups -OCH3 is 1. The number of nitrogens with one attached hydrogen (secondary N) is 1. The summed E-state index contributed by atoms with van der Waals surface area (Å²) in [5, 5.41) is 4.67. The molecule has 0 saturated carbocycles. The standard InChI is InChI=1S/C19H22Cl2N2O2/c1-24-18-5-4-16(23-9-7-22-8-10-23)13-19(18)25-11-6-14-2-3-15(20)12-17(14)21/h2-5,12-13,22H,6-11H2,1H3. The van der Waals surface area contributed by atoms with E-state index in [-0.39, 0.29) is 0 Å². The van der Waals surface area contributed by atoms with Crippen LogP contribution >= 0.6 is 23.2 Å². The third-order valence-electron chi connectivity index (χ3n) is 4.27. The quantitative estimate of drug-likeness (QED) is 0.819. The molecule has 6 heteroatoms. The molecular weight excluding hydrogens is 359 g/mol. The van der Waals surface area contributed by atoms with E-state index in [2.05, 4.69) is 16.3 Å². The summed E-state index contributed by atoms with van der Waals surface area (Å²) in [6.07, 6.45) is 0.705. The monoisotopic (exact) mass is 380 g/mol. The fraction of sp³-hybridized carbons (Fsp3) is 0.368. The fourth-order valence-electron chi connectivity index (χ4n) is 2.89. The lowest BCUT2D eigenvalue weighted by molar-refractivity contribution is 0.297. The first kappa shape index (κ1) is 18.2. The van der Waals surface area contributed by atoms with Gasteiger partial charge < -0.3 is 19.7 Å². The van der Waals surface area contributed by atoms with E-state index in [1.54, 1.807) is 13.2 Å². The molecule has 2 aromatic rings. The molecule has 0 aliphatic carbocycles. The zero-order chi connectivity index (χ0) is 17.6. The number of hydrogen-bond donors (Lipinski definition) is 1. The molecule has 25 heavy (non-hydrogen) atoms. The first-order chi connectivity index (χ1) is 12.2. The minimum Gasteiger partial charge on any atom is -0.493 e. The van der Waals surface area contributed by atoms with Gasteiger partial charge in [-0.15, -0.1) is 0 Å². The number of anilines is 1. The highest BCUT2D eigenvalue weighted by Crippen LogP contribution is 2.32. The molecular formula is C19H22Cl2N2O2. The molecule has 2 aromatic carbocycles. The van der Waals surface area contributed by atoms with Gasteiger partial charge in [-0.25, -0.2) is 0 Å². The largest absolute Gasteiger partial charge is 0.493 e. The number of rotatable bonds is 6. The van der Waals surface area contributed by atoms with Crippen LogP contribution in [0.3, 0.4) is 0 Å². The molecule has 0 atom stereocenters. The lowest BCUT2D eigenvalue weighted by Gasteiger charge is -2.30. The maximum Gasteiger partial charge on any atom is 0.163 e. The molecule has 0 spiro atoms. The molecule has 1 N–H and O–H groups in total. The van der Waals surface area contributed by atoms with Gasteiger partial charge in [0.2, 0.25) is 0 Å². The lowest BCUT2D eigenvalue weighted by atomic mass is 10.1. The summed E-state index contributed by atoms with van der Waals surface area (Å²) in [4.78, 5) is 2.35. The highest BCUT2D eigenvalue weighted by atomic mass is 35.5. The van der Waals surface area contributed by atoms with Gasteiger partial charge in [-0.05, 0) is 29.8 Å². The van der Waals surface area contributed by atoms with E-state index in [9.17, 15) is 0 Å². The van der Waals surface area contributed by atoms with Gasteiger partial charge in [-0.2, -0.15) is 0 Å². The number of hydrogen-bond acceptors (Lipinski definition) is 4. The van der Waals surface area contributed by atoms with Crippen LogP contribution < -0.4 is 19.7 Å². The van der Waals surface area contributed by atoms with Gasteiger partial charge in [0.1, 0.15) is 0 Å². The summed E-state index contributed by atoms with van der Waals surface area (Å²) in [5.74, 6) is 1.49. The Hall–Kier alpha value is -1.62. The molecule has 0 aromatic heterocycles. The summed E-state index contributed by atoms with van der Waals surface area (Å²) in [5.41, 5.74) is 2.17. The van der Waals surface area contributed by atoms with Crippen molar-refractivity contribution in [2.45, 2.75) is 6.42 Å². The van der Waals surface area contributed by atoms with Crippen LogP contribution in [0.2, 0.25) is 10.0 Å². The van der Waals surface area contributed by atoms with E-state index in [0.717, 1.165) is 48.9 Å². The maximum atomic E-state index is 6.22. The molecule has 1 fully saturated rings. The van der Waals surface area contributed by atoms with Gasteiger partial charge >= 0.3 is 0 Å². The van der Waals surface area contributed by atoms with Gasteiger partial charge in [-0.3, -0.25) is 0 Å². The number of halogens is 2. The average Bonchev–Trinajstić information content (AvgIpc) is 2.64. The number of benzene rings is 2. The maximum absolute atomic E-state index is 6.22. The predicted molar refractivity (Wildman–Crippen MR) is 104 cm³/mol. The Labute approximate surface area is 158 Å². The van der Waals surface area contributed by atoms with Crippen LogP contribution in [0, 0.1) is 0 Å². The molecule has 1 aliphatic rings. The van der Waals surface area contributed by atoms with E-state index in [4.69, 9.17) is 32.7 Å². The van der Waals surface area contributed by atoms with Gasteiger partial charge in [0, 0.05) is 54.4 Å². The Morgan fingerprint density at radius 2 is 1.84 bits per heavy atom. The molecule has 1 aliphatic heterocycles. The van der Waals surface area contributed by atoms with Gasteiger partial charge in [0.25, 0.3) is 0 Å². The summed E-state index contributed by atoms with van der Waals surface area (Å²) in [6.45, 7) is 4.50. The minimum absolute atomic E-state index is 0.517. The van der Waals surface area contributed by atoms with Crippen molar-refractivity contribution in [3.05, 3.63) is 52.0 Å². The topological polar surface area (TPSA) is 33.7 Å². The van der Waals surface area contributed by atoms with Crippen molar-refractivity contribution < 1.29 is 9.47 Å². The summed E-state index contributed by atoms with van der Waals surface area (Å²) in [6, 6.07) is 11.6. The molecule has 4 nitrogen and oxygen atoms in total. The second-order valence-electron chi connectivity index (χ2n) is 5.91. The SMILES string of the molecule is COc1ccc(N2CCNCC2)cc1OCCc1ccc(Cl)cc1Cl. The molecule has 0 bridgehead atoms. The van der Waals surface area contributed by atoms with Crippen LogP contribution in [0.25, 0.3) is 0 Å². The second kappa shape index (κ2) is 8.65. The normalized spacial score (nSPS) is 14.4. The highest BCUT2D eigenvalue weighted by Gasteiger charge is 2.14. The van der Waals surface area contributed by atoms with E-state index in [1.807, 2.05) is 24.3 Å². The van der Waals surface area contributed by atoms with E-state index in [0.29, 0.717) is 23.1 Å². The highest BCUT2D eigenvalue weighted by molar-refractivity contribution is 6.35. The van der Waals surface area contributed by atoms with Crippen LogP contribution in [0.5, 0.6) is 11.5 Å². The zero-order valence-electron chi connectivity index (χ0n) is 14.2. The van der Waals surface area contributed by atoms with Crippen molar-refractivity contribution in [2.75, 3.05) is 44.8 Å². The predicted octanol–water partition coefficient (Wildman–Crippen LogP) is 4.03. The van der Waals surface area contributed by atoms with E-state index < -0.39 is 0 Å². The first-order valence-corrected chi connectivity index (χ1v) is 9.13. The zero-order valence-corrected chi connectivity index (χ0v) is 15.7. The van der Waals surface area contributed by atoms with Crippen molar-refractivity contribution in [3.63, 3.8) is 0 Å². The molecule has 1 saturated heterocycles. The molecule has 134 valence electrons. The summed E-state index contributed by atoms with van der Waals surface area (Å²) < 4.78 is 11.4. The Bertz CT molecular complexity index is 719. The molecule has 0 amide bonds. The van der Waals surface area contributed by atoms with Crippen LogP contribution in [-0.4, -0.2) is 39.9 Å². The smallest absolute Gasteiger partial charge is 0.163 e. The number of ether oxygens (including phenoxy) is 2. The van der Waals surface area contributed by atoms with Crippen LogP contribution in [-0.2, 0) is 6.42 Å². The van der Waals surface area contributed by atoms with E-state index >= 15 is 0 Å². The van der Waals surface area contributed by atoms with Crippen molar-refractivity contribution in [2.24, 2.45) is 0 Å². The number of piperazine rings is 1. The van der Waals surface area contributed by atoms with E-state index in [1.165, 1.54) is 0 Å². The summed E-state index contributed by atoms with van der Waals surface area (Å²) >= 11 is 12.2.